The molecule has 0 aliphatic carbocycles. The Morgan fingerprint density at radius 2 is 2.06 bits per heavy atom. The van der Waals surface area contributed by atoms with Crippen molar-refractivity contribution in [2.75, 3.05) is 24.5 Å². The van der Waals surface area contributed by atoms with Gasteiger partial charge in [-0.15, -0.1) is 0 Å². The van der Waals surface area contributed by atoms with Crippen molar-refractivity contribution >= 4 is 28.9 Å². The lowest BCUT2D eigenvalue weighted by molar-refractivity contribution is 0.368. The normalized spacial score (nSPS) is 21.0. The van der Waals surface area contributed by atoms with Gasteiger partial charge in [0.25, 0.3) is 0 Å². The summed E-state index contributed by atoms with van der Waals surface area (Å²) in [6.07, 6.45) is 0. The zero-order valence-corrected chi connectivity index (χ0v) is 11.7. The van der Waals surface area contributed by atoms with Gasteiger partial charge in [0.05, 0.1) is 10.0 Å². The van der Waals surface area contributed by atoms with Crippen LogP contribution in [0, 0.1) is 5.92 Å². The average molecular weight is 273 g/mol. The molecule has 17 heavy (non-hydrogen) atoms. The molecule has 4 heteroatoms. The zero-order chi connectivity index (χ0) is 12.4. The molecule has 2 nitrogen and oxygen atoms in total. The first kappa shape index (κ1) is 13.0. The van der Waals surface area contributed by atoms with Gasteiger partial charge < -0.3 is 10.2 Å². The fraction of sp³-hybridized carbons (Fsp3) is 0.538. The van der Waals surface area contributed by atoms with Crippen LogP contribution in [0.4, 0.5) is 5.69 Å². The standard InChI is InChI=1S/C13H18Cl2N2/c1-9(2)13-8-17(6-5-16-13)10-3-4-11(14)12(15)7-10/h3-4,7,9,13,16H,5-6,8H2,1-2H3. The molecule has 1 heterocycles. The summed E-state index contributed by atoms with van der Waals surface area (Å²) in [5.74, 6) is 0.639. The summed E-state index contributed by atoms with van der Waals surface area (Å²) in [7, 11) is 0. The van der Waals surface area contributed by atoms with Crippen LogP contribution in [0.25, 0.3) is 0 Å². The Labute approximate surface area is 113 Å². The van der Waals surface area contributed by atoms with E-state index in [0.29, 0.717) is 22.0 Å². The molecule has 1 N–H and O–H groups in total. The van der Waals surface area contributed by atoms with Crippen LogP contribution in [0.3, 0.4) is 0 Å². The molecule has 1 fully saturated rings. The first-order valence-corrected chi connectivity index (χ1v) is 6.77. The average Bonchev–Trinajstić information content (AvgIpc) is 2.33. The molecule has 1 aromatic carbocycles. The SMILES string of the molecule is CC(C)C1CN(c2ccc(Cl)c(Cl)c2)CCN1. The Kier molecular flexibility index (Phi) is 4.18. The third-order valence-electron chi connectivity index (χ3n) is 3.28. The molecule has 0 aromatic heterocycles. The first-order valence-electron chi connectivity index (χ1n) is 6.01. The molecule has 2 rings (SSSR count). The lowest BCUT2D eigenvalue weighted by Gasteiger charge is -2.37. The van der Waals surface area contributed by atoms with E-state index in [1.807, 2.05) is 18.2 Å². The van der Waals surface area contributed by atoms with Gasteiger partial charge in [0.1, 0.15) is 0 Å². The van der Waals surface area contributed by atoms with Crippen molar-refractivity contribution < 1.29 is 0 Å². The van der Waals surface area contributed by atoms with Gasteiger partial charge in [0, 0.05) is 31.4 Å². The summed E-state index contributed by atoms with van der Waals surface area (Å²) in [6.45, 7) is 7.55. The van der Waals surface area contributed by atoms with Crippen LogP contribution >= 0.6 is 23.2 Å². The topological polar surface area (TPSA) is 15.3 Å². The Balaban J connectivity index is 2.13. The van der Waals surface area contributed by atoms with Crippen LogP contribution in [0.5, 0.6) is 0 Å². The van der Waals surface area contributed by atoms with E-state index in [1.165, 1.54) is 0 Å². The number of nitrogens with one attached hydrogen (secondary N) is 1. The van der Waals surface area contributed by atoms with E-state index >= 15 is 0 Å². The highest BCUT2D eigenvalue weighted by atomic mass is 35.5. The summed E-state index contributed by atoms with van der Waals surface area (Å²) in [5, 5.41) is 4.79. The molecule has 0 amide bonds. The van der Waals surface area contributed by atoms with Crippen molar-refractivity contribution in [3.63, 3.8) is 0 Å². The molecular formula is C13H18Cl2N2. The fourth-order valence-corrected chi connectivity index (χ4v) is 2.43. The van der Waals surface area contributed by atoms with Crippen molar-refractivity contribution in [3.8, 4) is 0 Å². The molecule has 1 unspecified atom stereocenters. The third-order valence-corrected chi connectivity index (χ3v) is 4.02. The van der Waals surface area contributed by atoms with E-state index in [9.17, 15) is 0 Å². The van der Waals surface area contributed by atoms with E-state index in [2.05, 4.69) is 24.1 Å². The van der Waals surface area contributed by atoms with Crippen LogP contribution in [0.15, 0.2) is 18.2 Å². The molecule has 1 atom stereocenters. The van der Waals surface area contributed by atoms with Crippen LogP contribution in [-0.2, 0) is 0 Å². The predicted octanol–water partition coefficient (Wildman–Crippen LogP) is 3.43. The van der Waals surface area contributed by atoms with Crippen molar-refractivity contribution in [1.29, 1.82) is 0 Å². The number of benzene rings is 1. The van der Waals surface area contributed by atoms with E-state index in [0.717, 1.165) is 25.3 Å². The van der Waals surface area contributed by atoms with Crippen molar-refractivity contribution in [1.82, 2.24) is 5.32 Å². The second-order valence-corrected chi connectivity index (χ2v) is 5.66. The highest BCUT2D eigenvalue weighted by Crippen LogP contribution is 2.28. The van der Waals surface area contributed by atoms with Crippen LogP contribution in [-0.4, -0.2) is 25.7 Å². The van der Waals surface area contributed by atoms with Gasteiger partial charge in [-0.2, -0.15) is 0 Å². The maximum Gasteiger partial charge on any atom is 0.0612 e. The number of hydrogen-bond donors (Lipinski definition) is 1. The molecule has 1 aliphatic heterocycles. The summed E-state index contributed by atoms with van der Waals surface area (Å²) in [4.78, 5) is 2.36. The molecule has 1 saturated heterocycles. The van der Waals surface area contributed by atoms with E-state index in [-0.39, 0.29) is 0 Å². The highest BCUT2D eigenvalue weighted by Gasteiger charge is 2.22. The van der Waals surface area contributed by atoms with Crippen molar-refractivity contribution in [2.45, 2.75) is 19.9 Å². The molecule has 1 aliphatic rings. The highest BCUT2D eigenvalue weighted by molar-refractivity contribution is 6.42. The first-order chi connectivity index (χ1) is 8.08. The molecule has 0 bridgehead atoms. The molecular weight excluding hydrogens is 255 g/mol. The van der Waals surface area contributed by atoms with Gasteiger partial charge in [0.15, 0.2) is 0 Å². The van der Waals surface area contributed by atoms with Crippen molar-refractivity contribution in [2.24, 2.45) is 5.92 Å². The number of hydrogen-bond acceptors (Lipinski definition) is 2. The lowest BCUT2D eigenvalue weighted by Crippen LogP contribution is -2.52. The van der Waals surface area contributed by atoms with Gasteiger partial charge in [-0.3, -0.25) is 0 Å². The number of rotatable bonds is 2. The van der Waals surface area contributed by atoms with Gasteiger partial charge >= 0.3 is 0 Å². The Morgan fingerprint density at radius 1 is 1.29 bits per heavy atom. The Hall–Kier alpha value is -0.440. The van der Waals surface area contributed by atoms with Gasteiger partial charge in [-0.1, -0.05) is 37.0 Å². The minimum absolute atomic E-state index is 0.540. The quantitative estimate of drug-likeness (QED) is 0.888. The van der Waals surface area contributed by atoms with Crippen LogP contribution in [0.2, 0.25) is 10.0 Å². The van der Waals surface area contributed by atoms with E-state index in [1.54, 1.807) is 0 Å². The second-order valence-electron chi connectivity index (χ2n) is 4.85. The van der Waals surface area contributed by atoms with Gasteiger partial charge in [0.2, 0.25) is 0 Å². The van der Waals surface area contributed by atoms with Crippen LogP contribution < -0.4 is 10.2 Å². The number of nitrogens with zero attached hydrogens (tertiary/aromatic N) is 1. The number of anilines is 1. The zero-order valence-electron chi connectivity index (χ0n) is 10.2. The smallest absolute Gasteiger partial charge is 0.0612 e. The minimum Gasteiger partial charge on any atom is -0.369 e. The second kappa shape index (κ2) is 5.47. The summed E-state index contributed by atoms with van der Waals surface area (Å²) >= 11 is 12.0. The molecule has 1 aromatic rings. The summed E-state index contributed by atoms with van der Waals surface area (Å²) in [6, 6.07) is 6.40. The van der Waals surface area contributed by atoms with Gasteiger partial charge in [-0.25, -0.2) is 0 Å². The summed E-state index contributed by atoms with van der Waals surface area (Å²) < 4.78 is 0. The Morgan fingerprint density at radius 3 is 2.71 bits per heavy atom. The maximum atomic E-state index is 6.06. The molecule has 0 saturated carbocycles. The lowest BCUT2D eigenvalue weighted by atomic mass is 10.0. The predicted molar refractivity (Wildman–Crippen MR) is 75.3 cm³/mol. The molecule has 94 valence electrons. The summed E-state index contributed by atoms with van der Waals surface area (Å²) in [5.41, 5.74) is 1.16. The van der Waals surface area contributed by atoms with E-state index in [4.69, 9.17) is 23.2 Å². The van der Waals surface area contributed by atoms with Crippen molar-refractivity contribution in [3.05, 3.63) is 28.2 Å². The monoisotopic (exact) mass is 272 g/mol. The van der Waals surface area contributed by atoms with Gasteiger partial charge in [-0.05, 0) is 24.1 Å². The van der Waals surface area contributed by atoms with Crippen LogP contribution in [0.1, 0.15) is 13.8 Å². The largest absolute Gasteiger partial charge is 0.369 e. The maximum absolute atomic E-state index is 6.06. The Bertz CT molecular complexity index is 393. The number of halogens is 2. The number of piperazine rings is 1. The third kappa shape index (κ3) is 3.06. The van der Waals surface area contributed by atoms with E-state index < -0.39 is 0 Å². The fourth-order valence-electron chi connectivity index (χ4n) is 2.14. The minimum atomic E-state index is 0.540. The molecule has 0 radical (unpaired) electrons. The molecule has 0 spiro atoms.